The Morgan fingerprint density at radius 1 is 1.10 bits per heavy atom. The highest BCUT2D eigenvalue weighted by Gasteiger charge is 2.21. The molecule has 0 atom stereocenters. The molecule has 1 saturated heterocycles. The number of guanidine groups is 1. The molecule has 0 bridgehead atoms. The van der Waals surface area contributed by atoms with E-state index in [0.717, 1.165) is 62.1 Å². The van der Waals surface area contributed by atoms with Gasteiger partial charge in [-0.2, -0.15) is 0 Å². The van der Waals surface area contributed by atoms with Gasteiger partial charge in [0, 0.05) is 58.6 Å². The Morgan fingerprint density at radius 3 is 2.59 bits per heavy atom. The van der Waals surface area contributed by atoms with Crippen LogP contribution in [0.4, 0.5) is 5.69 Å². The van der Waals surface area contributed by atoms with Gasteiger partial charge >= 0.3 is 0 Å². The van der Waals surface area contributed by atoms with Gasteiger partial charge in [0.15, 0.2) is 5.96 Å². The lowest BCUT2D eigenvalue weighted by atomic mass is 10.2. The molecule has 7 nitrogen and oxygen atoms in total. The van der Waals surface area contributed by atoms with E-state index in [2.05, 4.69) is 31.3 Å². The van der Waals surface area contributed by atoms with Crippen LogP contribution in [0, 0.1) is 0 Å². The second kappa shape index (κ2) is 9.82. The van der Waals surface area contributed by atoms with Crippen LogP contribution in [0.3, 0.4) is 0 Å². The van der Waals surface area contributed by atoms with Crippen LogP contribution in [0.2, 0.25) is 0 Å². The van der Waals surface area contributed by atoms with Crippen LogP contribution < -0.4 is 10.2 Å². The molecule has 2 N–H and O–H groups in total. The molecule has 0 spiro atoms. The highest BCUT2D eigenvalue weighted by molar-refractivity contribution is 14.0. The van der Waals surface area contributed by atoms with Crippen LogP contribution in [0.1, 0.15) is 5.69 Å². The van der Waals surface area contributed by atoms with E-state index in [1.807, 2.05) is 54.0 Å². The summed E-state index contributed by atoms with van der Waals surface area (Å²) >= 11 is 0. The maximum absolute atomic E-state index is 10.1. The maximum Gasteiger partial charge on any atom is 0.193 e. The molecule has 29 heavy (non-hydrogen) atoms. The number of phenolic OH excluding ortho intramolecular Hbond substituents is 1. The van der Waals surface area contributed by atoms with Crippen molar-refractivity contribution in [2.45, 2.75) is 6.42 Å². The van der Waals surface area contributed by atoms with Crippen LogP contribution >= 0.6 is 24.0 Å². The number of imidazole rings is 1. The zero-order chi connectivity index (χ0) is 19.3. The third-order valence-electron chi connectivity index (χ3n) is 5.09. The van der Waals surface area contributed by atoms with Gasteiger partial charge < -0.3 is 24.6 Å². The first-order chi connectivity index (χ1) is 13.7. The van der Waals surface area contributed by atoms with Gasteiger partial charge in [-0.1, -0.05) is 18.2 Å². The third kappa shape index (κ3) is 4.92. The van der Waals surface area contributed by atoms with Crippen molar-refractivity contribution in [3.63, 3.8) is 0 Å². The monoisotopic (exact) mass is 506 g/mol. The summed E-state index contributed by atoms with van der Waals surface area (Å²) in [4.78, 5) is 13.6. The summed E-state index contributed by atoms with van der Waals surface area (Å²) in [7, 11) is 1.82. The summed E-state index contributed by atoms with van der Waals surface area (Å²) in [5.41, 5.74) is 2.94. The van der Waals surface area contributed by atoms with Gasteiger partial charge in [-0.05, 0) is 24.3 Å². The maximum atomic E-state index is 10.1. The molecule has 1 fully saturated rings. The lowest BCUT2D eigenvalue weighted by molar-refractivity contribution is 0.370. The molecule has 8 heteroatoms. The van der Waals surface area contributed by atoms with Crippen LogP contribution in [0.25, 0.3) is 5.65 Å². The minimum absolute atomic E-state index is 0. The predicted molar refractivity (Wildman–Crippen MR) is 128 cm³/mol. The molecule has 0 aliphatic carbocycles. The highest BCUT2D eigenvalue weighted by Crippen LogP contribution is 2.27. The molecule has 1 aromatic carbocycles. The number of aliphatic imine (C=N–C) groups is 1. The number of nitrogens with one attached hydrogen (secondary N) is 1. The number of hydrogen-bond acceptors (Lipinski definition) is 4. The summed E-state index contributed by atoms with van der Waals surface area (Å²) in [5, 5.41) is 13.5. The number of para-hydroxylation sites is 2. The van der Waals surface area contributed by atoms with Gasteiger partial charge in [0.05, 0.1) is 11.4 Å². The van der Waals surface area contributed by atoms with E-state index >= 15 is 0 Å². The fraction of sp³-hybridized carbons (Fsp3) is 0.333. The van der Waals surface area contributed by atoms with Gasteiger partial charge in [0.1, 0.15) is 11.4 Å². The zero-order valence-corrected chi connectivity index (χ0v) is 18.9. The smallest absolute Gasteiger partial charge is 0.193 e. The number of phenols is 1. The Kier molecular flexibility index (Phi) is 7.18. The topological polar surface area (TPSA) is 68.4 Å². The Labute approximate surface area is 188 Å². The average molecular weight is 506 g/mol. The average Bonchev–Trinajstić information content (AvgIpc) is 3.15. The molecule has 2 aromatic heterocycles. The molecule has 0 unspecified atom stereocenters. The summed E-state index contributed by atoms with van der Waals surface area (Å²) in [6.45, 7) is 4.22. The van der Waals surface area contributed by atoms with Crippen molar-refractivity contribution in [3.8, 4) is 5.75 Å². The number of nitrogens with zero attached hydrogens (tertiary/aromatic N) is 5. The van der Waals surface area contributed by atoms with Gasteiger partial charge in [-0.15, -0.1) is 24.0 Å². The molecule has 0 saturated carbocycles. The van der Waals surface area contributed by atoms with Crippen LogP contribution in [-0.4, -0.2) is 65.1 Å². The largest absolute Gasteiger partial charge is 0.506 e. The molecule has 1 aliphatic heterocycles. The molecule has 4 rings (SSSR count). The van der Waals surface area contributed by atoms with Gasteiger partial charge in [-0.3, -0.25) is 4.99 Å². The standard InChI is InChI=1S/C21H26N6O.HI/c1-22-21(23-10-9-17-16-27-11-5-4-8-20(27)24-17)26-14-12-25(13-15-26)18-6-2-3-7-19(18)28;/h2-8,11,16,28H,9-10,12-15H2,1H3,(H,22,23);1H. The summed E-state index contributed by atoms with van der Waals surface area (Å²) in [5.74, 6) is 1.26. The number of halogens is 1. The number of aromatic nitrogens is 2. The molecule has 0 radical (unpaired) electrons. The Balaban J connectivity index is 0.00000240. The van der Waals surface area contributed by atoms with E-state index in [1.165, 1.54) is 0 Å². The van der Waals surface area contributed by atoms with E-state index in [0.29, 0.717) is 5.75 Å². The lowest BCUT2D eigenvalue weighted by Gasteiger charge is -2.37. The molecule has 3 heterocycles. The number of fused-ring (bicyclic) bond motifs is 1. The van der Waals surface area contributed by atoms with E-state index in [1.54, 1.807) is 6.07 Å². The normalized spacial score (nSPS) is 14.7. The number of aromatic hydroxyl groups is 1. The van der Waals surface area contributed by atoms with E-state index in [-0.39, 0.29) is 24.0 Å². The summed E-state index contributed by atoms with van der Waals surface area (Å²) < 4.78 is 2.04. The van der Waals surface area contributed by atoms with Crippen molar-refractivity contribution in [3.05, 3.63) is 60.6 Å². The quantitative estimate of drug-likeness (QED) is 0.324. The summed E-state index contributed by atoms with van der Waals surface area (Å²) in [6, 6.07) is 13.5. The fourth-order valence-corrected chi connectivity index (χ4v) is 3.63. The number of rotatable bonds is 4. The van der Waals surface area contributed by atoms with Crippen molar-refractivity contribution < 1.29 is 5.11 Å². The lowest BCUT2D eigenvalue weighted by Crippen LogP contribution is -2.52. The molecular weight excluding hydrogens is 479 g/mol. The first-order valence-electron chi connectivity index (χ1n) is 9.66. The number of anilines is 1. The first-order valence-corrected chi connectivity index (χ1v) is 9.66. The molecule has 1 aliphatic rings. The van der Waals surface area contributed by atoms with Crippen molar-refractivity contribution in [1.82, 2.24) is 19.6 Å². The van der Waals surface area contributed by atoms with Crippen LogP contribution in [0.15, 0.2) is 59.9 Å². The van der Waals surface area contributed by atoms with Gasteiger partial charge in [0.25, 0.3) is 0 Å². The zero-order valence-electron chi connectivity index (χ0n) is 16.5. The SMILES string of the molecule is CN=C(NCCc1cn2ccccc2n1)N1CCN(c2ccccc2O)CC1.I. The van der Waals surface area contributed by atoms with E-state index in [4.69, 9.17) is 0 Å². The number of pyridine rings is 1. The number of piperazine rings is 1. The predicted octanol–water partition coefficient (Wildman–Crippen LogP) is 2.60. The van der Waals surface area contributed by atoms with E-state index in [9.17, 15) is 5.11 Å². The molecule has 154 valence electrons. The number of benzene rings is 1. The van der Waals surface area contributed by atoms with Crippen molar-refractivity contribution in [2.24, 2.45) is 4.99 Å². The third-order valence-corrected chi connectivity index (χ3v) is 5.09. The second-order valence-electron chi connectivity index (χ2n) is 6.89. The van der Waals surface area contributed by atoms with Crippen molar-refractivity contribution in [2.75, 3.05) is 44.7 Å². The summed E-state index contributed by atoms with van der Waals surface area (Å²) in [6.07, 6.45) is 4.94. The van der Waals surface area contributed by atoms with Crippen molar-refractivity contribution in [1.29, 1.82) is 0 Å². The minimum atomic E-state index is 0. The highest BCUT2D eigenvalue weighted by atomic mass is 127. The minimum Gasteiger partial charge on any atom is -0.506 e. The van der Waals surface area contributed by atoms with E-state index < -0.39 is 0 Å². The Morgan fingerprint density at radius 2 is 1.86 bits per heavy atom. The molecule has 0 amide bonds. The van der Waals surface area contributed by atoms with Crippen LogP contribution in [-0.2, 0) is 6.42 Å². The fourth-order valence-electron chi connectivity index (χ4n) is 3.63. The second-order valence-corrected chi connectivity index (χ2v) is 6.89. The Hall–Kier alpha value is -2.49. The molecular formula is C21H27IN6O. The van der Waals surface area contributed by atoms with Gasteiger partial charge in [0.2, 0.25) is 0 Å². The first kappa shape index (κ1) is 21.2. The van der Waals surface area contributed by atoms with Gasteiger partial charge in [-0.25, -0.2) is 4.98 Å². The molecule has 3 aromatic rings. The number of hydrogen-bond donors (Lipinski definition) is 2. The van der Waals surface area contributed by atoms with Crippen LogP contribution in [0.5, 0.6) is 5.75 Å². The Bertz CT molecular complexity index is 931. The van der Waals surface area contributed by atoms with Crippen molar-refractivity contribution >= 4 is 41.3 Å².